The molecule has 0 saturated heterocycles. The molecule has 3 nitrogen and oxygen atoms in total. The first kappa shape index (κ1) is 17.6. The molecule has 0 aliphatic rings. The topological polar surface area (TPSA) is 52.3 Å². The molecule has 0 heterocycles. The minimum atomic E-state index is -0.721. The molecule has 1 rings (SSSR count). The molecular formula is C14H18Cl3NO2. The van der Waals surface area contributed by atoms with Crippen LogP contribution in [0.25, 0.3) is 0 Å². The molecule has 0 amide bonds. The lowest BCUT2D eigenvalue weighted by molar-refractivity contribution is -0.154. The molecule has 112 valence electrons. The Morgan fingerprint density at radius 1 is 1.30 bits per heavy atom. The summed E-state index contributed by atoms with van der Waals surface area (Å²) in [6, 6.07) is 2.69. The van der Waals surface area contributed by atoms with E-state index in [4.69, 9.17) is 45.3 Å². The smallest absolute Gasteiger partial charge is 0.311 e. The van der Waals surface area contributed by atoms with Crippen molar-refractivity contribution in [3.8, 4) is 0 Å². The van der Waals surface area contributed by atoms with Gasteiger partial charge in [0.05, 0.1) is 12.0 Å². The maximum Gasteiger partial charge on any atom is 0.311 e. The summed E-state index contributed by atoms with van der Waals surface area (Å²) in [4.78, 5) is 11.9. The summed E-state index contributed by atoms with van der Waals surface area (Å²) in [6.45, 7) is 5.66. The standard InChI is InChI=1S/C14H18Cl3NO2/c1-4-20-13(19)14(2,3)7-11(18)12-9(16)5-8(15)6-10(12)17/h5-6,11H,4,7,18H2,1-3H3. The highest BCUT2D eigenvalue weighted by atomic mass is 35.5. The van der Waals surface area contributed by atoms with Gasteiger partial charge in [0.2, 0.25) is 0 Å². The lowest BCUT2D eigenvalue weighted by Crippen LogP contribution is -2.31. The SMILES string of the molecule is CCOC(=O)C(C)(C)CC(N)c1c(Cl)cc(Cl)cc1Cl. The molecule has 0 saturated carbocycles. The first-order chi connectivity index (χ1) is 9.19. The van der Waals surface area contributed by atoms with E-state index in [1.54, 1.807) is 32.9 Å². The van der Waals surface area contributed by atoms with Gasteiger partial charge < -0.3 is 10.5 Å². The fourth-order valence-corrected chi connectivity index (χ4v) is 3.07. The number of hydrogen-bond acceptors (Lipinski definition) is 3. The molecule has 0 bridgehead atoms. The van der Waals surface area contributed by atoms with Crippen molar-refractivity contribution in [3.63, 3.8) is 0 Å². The van der Waals surface area contributed by atoms with E-state index < -0.39 is 11.5 Å². The molecule has 6 heteroatoms. The van der Waals surface area contributed by atoms with E-state index in [2.05, 4.69) is 0 Å². The van der Waals surface area contributed by atoms with Crippen LogP contribution in [-0.2, 0) is 9.53 Å². The van der Waals surface area contributed by atoms with Crippen molar-refractivity contribution in [2.75, 3.05) is 6.61 Å². The van der Waals surface area contributed by atoms with Crippen LogP contribution >= 0.6 is 34.8 Å². The highest BCUT2D eigenvalue weighted by Crippen LogP contribution is 2.38. The van der Waals surface area contributed by atoms with Crippen molar-refractivity contribution >= 4 is 40.8 Å². The van der Waals surface area contributed by atoms with Gasteiger partial charge in [-0.1, -0.05) is 34.8 Å². The van der Waals surface area contributed by atoms with Crippen molar-refractivity contribution in [1.29, 1.82) is 0 Å². The van der Waals surface area contributed by atoms with Crippen molar-refractivity contribution in [1.82, 2.24) is 0 Å². The van der Waals surface area contributed by atoms with Crippen LogP contribution in [0.3, 0.4) is 0 Å². The molecule has 1 aromatic carbocycles. The second-order valence-corrected chi connectivity index (χ2v) is 6.45. The number of carbonyl (C=O) groups is 1. The Hall–Kier alpha value is -0.480. The van der Waals surface area contributed by atoms with E-state index in [1.807, 2.05) is 0 Å². The van der Waals surface area contributed by atoms with Crippen LogP contribution in [0, 0.1) is 5.41 Å². The molecule has 2 N–H and O–H groups in total. The van der Waals surface area contributed by atoms with E-state index in [9.17, 15) is 4.79 Å². The third-order valence-corrected chi connectivity index (χ3v) is 3.82. The minimum Gasteiger partial charge on any atom is -0.466 e. The van der Waals surface area contributed by atoms with Crippen molar-refractivity contribution in [2.45, 2.75) is 33.2 Å². The van der Waals surface area contributed by atoms with Crippen LogP contribution in [0.4, 0.5) is 0 Å². The second kappa shape index (κ2) is 6.99. The Morgan fingerprint density at radius 2 is 1.80 bits per heavy atom. The summed E-state index contributed by atoms with van der Waals surface area (Å²) in [5.41, 5.74) is 6.02. The molecule has 0 spiro atoms. The number of benzene rings is 1. The van der Waals surface area contributed by atoms with E-state index in [-0.39, 0.29) is 5.97 Å². The predicted octanol–water partition coefficient (Wildman–Crippen LogP) is 4.63. The second-order valence-electron chi connectivity index (χ2n) is 5.20. The average molecular weight is 339 g/mol. The fraction of sp³-hybridized carbons (Fsp3) is 0.500. The summed E-state index contributed by atoms with van der Waals surface area (Å²) in [7, 11) is 0. The van der Waals surface area contributed by atoms with Gasteiger partial charge in [-0.15, -0.1) is 0 Å². The van der Waals surface area contributed by atoms with Gasteiger partial charge in [-0.2, -0.15) is 0 Å². The normalized spacial score (nSPS) is 13.2. The molecule has 0 aliphatic heterocycles. The zero-order valence-electron chi connectivity index (χ0n) is 11.7. The van der Waals surface area contributed by atoms with E-state index in [0.29, 0.717) is 33.7 Å². The van der Waals surface area contributed by atoms with Gasteiger partial charge in [0.15, 0.2) is 0 Å². The highest BCUT2D eigenvalue weighted by Gasteiger charge is 2.33. The monoisotopic (exact) mass is 337 g/mol. The first-order valence-electron chi connectivity index (χ1n) is 6.26. The third-order valence-electron chi connectivity index (χ3n) is 2.97. The fourth-order valence-electron chi connectivity index (χ4n) is 1.97. The number of esters is 1. The summed E-state index contributed by atoms with van der Waals surface area (Å²) in [5, 5.41) is 1.24. The molecule has 0 fully saturated rings. The van der Waals surface area contributed by atoms with Crippen molar-refractivity contribution in [2.24, 2.45) is 11.1 Å². The summed E-state index contributed by atoms with van der Waals surface area (Å²) in [6.07, 6.45) is 0.368. The maximum absolute atomic E-state index is 11.9. The lowest BCUT2D eigenvalue weighted by atomic mass is 9.84. The first-order valence-corrected chi connectivity index (χ1v) is 7.39. The summed E-state index contributed by atoms with van der Waals surface area (Å²) < 4.78 is 5.04. The minimum absolute atomic E-state index is 0.295. The molecular weight excluding hydrogens is 321 g/mol. The number of hydrogen-bond donors (Lipinski definition) is 1. The highest BCUT2D eigenvalue weighted by molar-refractivity contribution is 6.39. The molecule has 1 unspecified atom stereocenters. The van der Waals surface area contributed by atoms with E-state index in [1.165, 1.54) is 0 Å². The van der Waals surface area contributed by atoms with Crippen LogP contribution in [0.15, 0.2) is 12.1 Å². The van der Waals surface area contributed by atoms with Crippen LogP contribution < -0.4 is 5.73 Å². The molecule has 1 aromatic rings. The molecule has 20 heavy (non-hydrogen) atoms. The number of nitrogens with two attached hydrogens (primary N) is 1. The maximum atomic E-state index is 11.9. The van der Waals surface area contributed by atoms with Gasteiger partial charge >= 0.3 is 5.97 Å². The summed E-state index contributed by atoms with van der Waals surface area (Å²) >= 11 is 18.1. The Morgan fingerprint density at radius 3 is 2.25 bits per heavy atom. The third kappa shape index (κ3) is 4.26. The van der Waals surface area contributed by atoms with Gasteiger partial charge in [0.25, 0.3) is 0 Å². The van der Waals surface area contributed by atoms with E-state index >= 15 is 0 Å². The largest absolute Gasteiger partial charge is 0.466 e. The zero-order valence-corrected chi connectivity index (χ0v) is 13.9. The molecule has 0 aliphatic carbocycles. The lowest BCUT2D eigenvalue weighted by Gasteiger charge is -2.26. The van der Waals surface area contributed by atoms with Crippen LogP contribution in [-0.4, -0.2) is 12.6 Å². The Bertz CT molecular complexity index is 480. The van der Waals surface area contributed by atoms with Crippen molar-refractivity contribution in [3.05, 3.63) is 32.8 Å². The van der Waals surface area contributed by atoms with E-state index in [0.717, 1.165) is 0 Å². The van der Waals surface area contributed by atoms with Crippen LogP contribution in [0.5, 0.6) is 0 Å². The molecule has 0 aromatic heterocycles. The van der Waals surface area contributed by atoms with Gasteiger partial charge in [-0.25, -0.2) is 0 Å². The zero-order chi connectivity index (χ0) is 15.5. The molecule has 1 atom stereocenters. The quantitative estimate of drug-likeness (QED) is 0.797. The van der Waals surface area contributed by atoms with Gasteiger partial charge in [0.1, 0.15) is 0 Å². The number of rotatable bonds is 5. The van der Waals surface area contributed by atoms with Gasteiger partial charge in [0, 0.05) is 26.7 Å². The van der Waals surface area contributed by atoms with Gasteiger partial charge in [-0.05, 0) is 39.3 Å². The van der Waals surface area contributed by atoms with Gasteiger partial charge in [-0.3, -0.25) is 4.79 Å². The Labute approximate surface area is 134 Å². The summed E-state index contributed by atoms with van der Waals surface area (Å²) in [5.74, 6) is -0.295. The number of halogens is 3. The number of carbonyl (C=O) groups excluding carboxylic acids is 1. The Balaban J connectivity index is 2.97. The van der Waals surface area contributed by atoms with Crippen LogP contribution in [0.2, 0.25) is 15.1 Å². The van der Waals surface area contributed by atoms with Crippen LogP contribution in [0.1, 0.15) is 38.8 Å². The molecule has 0 radical (unpaired) electrons. The Kier molecular flexibility index (Phi) is 6.14. The predicted molar refractivity (Wildman–Crippen MR) is 83.4 cm³/mol. The van der Waals surface area contributed by atoms with Crippen molar-refractivity contribution < 1.29 is 9.53 Å². The average Bonchev–Trinajstić information content (AvgIpc) is 2.26. The number of ether oxygens (including phenoxy) is 1.